The van der Waals surface area contributed by atoms with Crippen LogP contribution in [0.15, 0.2) is 0 Å². The van der Waals surface area contributed by atoms with Crippen molar-refractivity contribution in [3.8, 4) is 0 Å². The van der Waals surface area contributed by atoms with E-state index >= 15 is 0 Å². The number of ketones is 1. The van der Waals surface area contributed by atoms with Crippen LogP contribution < -0.4 is 0 Å². The summed E-state index contributed by atoms with van der Waals surface area (Å²) in [4.78, 5) is 13.3. The van der Waals surface area contributed by atoms with Gasteiger partial charge in [-0.3, -0.25) is 9.69 Å². The highest BCUT2D eigenvalue weighted by molar-refractivity contribution is 5.75. The highest BCUT2D eigenvalue weighted by Gasteiger charge is 2.25. The van der Waals surface area contributed by atoms with Crippen LogP contribution >= 0.6 is 0 Å². The third-order valence-electron chi connectivity index (χ3n) is 3.28. The molecule has 16 heavy (non-hydrogen) atoms. The molecule has 3 heteroatoms. The second-order valence-corrected chi connectivity index (χ2v) is 4.98. The zero-order chi connectivity index (χ0) is 12.0. The lowest BCUT2D eigenvalue weighted by Crippen LogP contribution is -2.36. The van der Waals surface area contributed by atoms with Crippen molar-refractivity contribution in [3.63, 3.8) is 0 Å². The summed E-state index contributed by atoms with van der Waals surface area (Å²) < 4.78 is 5.49. The van der Waals surface area contributed by atoms with Crippen LogP contribution in [0.5, 0.6) is 0 Å². The van der Waals surface area contributed by atoms with Gasteiger partial charge in [-0.05, 0) is 46.6 Å². The Morgan fingerprint density at radius 2 is 2.19 bits per heavy atom. The first-order chi connectivity index (χ1) is 7.61. The Hall–Kier alpha value is -0.410. The summed E-state index contributed by atoms with van der Waals surface area (Å²) in [7, 11) is 0. The number of carbonyl (C=O) groups excluding carboxylic acids is 1. The van der Waals surface area contributed by atoms with Gasteiger partial charge in [0.15, 0.2) is 0 Å². The predicted molar refractivity (Wildman–Crippen MR) is 65.6 cm³/mol. The molecule has 1 heterocycles. The average Bonchev–Trinajstić information content (AvgIpc) is 2.65. The molecule has 1 aliphatic rings. The molecule has 0 spiro atoms. The standard InChI is InChI=1S/C13H25NO2/c1-11(2)14-8-4-5-13(14)7-10-16-9-6-12(3)15/h11,13H,4-10H2,1-3H3/t13-/m0/s1. The molecule has 0 amide bonds. The molecule has 0 radical (unpaired) electrons. The molecular formula is C13H25NO2. The van der Waals surface area contributed by atoms with Gasteiger partial charge in [0.05, 0.1) is 6.61 Å². The third kappa shape index (κ3) is 4.62. The summed E-state index contributed by atoms with van der Waals surface area (Å²) in [6, 6.07) is 1.34. The van der Waals surface area contributed by atoms with Crippen LogP contribution in [0.25, 0.3) is 0 Å². The molecule has 3 nitrogen and oxygen atoms in total. The molecule has 94 valence electrons. The number of hydrogen-bond acceptors (Lipinski definition) is 3. The van der Waals surface area contributed by atoms with Gasteiger partial charge in [-0.15, -0.1) is 0 Å². The first-order valence-electron chi connectivity index (χ1n) is 6.44. The van der Waals surface area contributed by atoms with Crippen molar-refractivity contribution >= 4 is 5.78 Å². The first kappa shape index (κ1) is 13.7. The number of carbonyl (C=O) groups is 1. The zero-order valence-electron chi connectivity index (χ0n) is 10.9. The van der Waals surface area contributed by atoms with Gasteiger partial charge >= 0.3 is 0 Å². The largest absolute Gasteiger partial charge is 0.381 e. The molecule has 1 saturated heterocycles. The Morgan fingerprint density at radius 3 is 2.81 bits per heavy atom. The number of rotatable bonds is 7. The fourth-order valence-corrected chi connectivity index (χ4v) is 2.39. The maximum atomic E-state index is 10.7. The third-order valence-corrected chi connectivity index (χ3v) is 3.28. The van der Waals surface area contributed by atoms with Crippen molar-refractivity contribution < 1.29 is 9.53 Å². The lowest BCUT2D eigenvalue weighted by Gasteiger charge is -2.28. The van der Waals surface area contributed by atoms with Crippen LogP contribution in [-0.4, -0.2) is 42.5 Å². The van der Waals surface area contributed by atoms with E-state index in [0.717, 1.165) is 13.0 Å². The van der Waals surface area contributed by atoms with Crippen LogP contribution in [0, 0.1) is 0 Å². The van der Waals surface area contributed by atoms with Gasteiger partial charge in [0, 0.05) is 25.1 Å². The van der Waals surface area contributed by atoms with E-state index in [4.69, 9.17) is 4.74 Å². The molecule has 0 bridgehead atoms. The molecule has 0 unspecified atom stereocenters. The van der Waals surface area contributed by atoms with E-state index in [0.29, 0.717) is 25.1 Å². The molecule has 1 rings (SSSR count). The Kier molecular flexibility index (Phi) is 5.99. The van der Waals surface area contributed by atoms with Gasteiger partial charge in [-0.25, -0.2) is 0 Å². The summed E-state index contributed by atoms with van der Waals surface area (Å²) in [6.45, 7) is 8.74. The maximum absolute atomic E-state index is 10.7. The second-order valence-electron chi connectivity index (χ2n) is 4.98. The minimum atomic E-state index is 0.213. The Balaban J connectivity index is 2.10. The summed E-state index contributed by atoms with van der Waals surface area (Å²) in [6.07, 6.45) is 4.28. The number of nitrogens with zero attached hydrogens (tertiary/aromatic N) is 1. The lowest BCUT2D eigenvalue weighted by atomic mass is 10.1. The normalized spacial score (nSPS) is 21.9. The minimum Gasteiger partial charge on any atom is -0.381 e. The van der Waals surface area contributed by atoms with E-state index in [1.165, 1.54) is 19.4 Å². The fraction of sp³-hybridized carbons (Fsp3) is 0.923. The highest BCUT2D eigenvalue weighted by Crippen LogP contribution is 2.22. The number of hydrogen-bond donors (Lipinski definition) is 0. The Labute approximate surface area is 99.1 Å². The summed E-state index contributed by atoms with van der Waals surface area (Å²) in [5.41, 5.74) is 0. The molecule has 0 aromatic carbocycles. The number of ether oxygens (including phenoxy) is 1. The molecule has 0 aromatic heterocycles. The summed E-state index contributed by atoms with van der Waals surface area (Å²) in [5, 5.41) is 0. The van der Waals surface area contributed by atoms with E-state index in [9.17, 15) is 4.79 Å². The first-order valence-corrected chi connectivity index (χ1v) is 6.44. The van der Waals surface area contributed by atoms with Crippen molar-refractivity contribution in [2.45, 2.75) is 58.5 Å². The van der Waals surface area contributed by atoms with Crippen molar-refractivity contribution in [2.24, 2.45) is 0 Å². The van der Waals surface area contributed by atoms with E-state index in [2.05, 4.69) is 18.7 Å². The van der Waals surface area contributed by atoms with Crippen LogP contribution in [-0.2, 0) is 9.53 Å². The molecule has 0 saturated carbocycles. The van der Waals surface area contributed by atoms with Crippen LogP contribution in [0.4, 0.5) is 0 Å². The zero-order valence-corrected chi connectivity index (χ0v) is 10.9. The fourth-order valence-electron chi connectivity index (χ4n) is 2.39. The lowest BCUT2D eigenvalue weighted by molar-refractivity contribution is -0.118. The molecular weight excluding hydrogens is 202 g/mol. The Morgan fingerprint density at radius 1 is 1.44 bits per heavy atom. The van der Waals surface area contributed by atoms with Crippen molar-refractivity contribution in [3.05, 3.63) is 0 Å². The van der Waals surface area contributed by atoms with Gasteiger partial charge in [-0.2, -0.15) is 0 Å². The van der Waals surface area contributed by atoms with E-state index in [1.54, 1.807) is 6.92 Å². The predicted octanol–water partition coefficient (Wildman–Crippen LogP) is 2.25. The van der Waals surface area contributed by atoms with E-state index in [-0.39, 0.29) is 5.78 Å². The second kappa shape index (κ2) is 7.02. The number of Topliss-reactive ketones (excluding diaryl/α,β-unsaturated/α-hetero) is 1. The quantitative estimate of drug-likeness (QED) is 0.625. The van der Waals surface area contributed by atoms with Crippen LogP contribution in [0.3, 0.4) is 0 Å². The maximum Gasteiger partial charge on any atom is 0.132 e. The van der Waals surface area contributed by atoms with Crippen LogP contribution in [0.2, 0.25) is 0 Å². The molecule has 1 atom stereocenters. The van der Waals surface area contributed by atoms with Crippen molar-refractivity contribution in [2.75, 3.05) is 19.8 Å². The number of likely N-dealkylation sites (tertiary alicyclic amines) is 1. The molecule has 0 N–H and O–H groups in total. The SMILES string of the molecule is CC(=O)CCOCC[C@@H]1CCCN1C(C)C. The van der Waals surface area contributed by atoms with Gasteiger partial charge in [-0.1, -0.05) is 0 Å². The molecule has 1 aliphatic heterocycles. The van der Waals surface area contributed by atoms with E-state index < -0.39 is 0 Å². The van der Waals surface area contributed by atoms with Crippen LogP contribution in [0.1, 0.15) is 46.5 Å². The molecule has 1 fully saturated rings. The van der Waals surface area contributed by atoms with Gasteiger partial charge in [0.2, 0.25) is 0 Å². The Bertz CT molecular complexity index is 216. The minimum absolute atomic E-state index is 0.213. The van der Waals surface area contributed by atoms with Gasteiger partial charge < -0.3 is 4.74 Å². The molecule has 0 aromatic rings. The summed E-state index contributed by atoms with van der Waals surface area (Å²) in [5.74, 6) is 0.213. The van der Waals surface area contributed by atoms with Crippen molar-refractivity contribution in [1.29, 1.82) is 0 Å². The molecule has 0 aliphatic carbocycles. The average molecular weight is 227 g/mol. The monoisotopic (exact) mass is 227 g/mol. The van der Waals surface area contributed by atoms with Gasteiger partial charge in [0.25, 0.3) is 0 Å². The smallest absolute Gasteiger partial charge is 0.132 e. The topological polar surface area (TPSA) is 29.5 Å². The van der Waals surface area contributed by atoms with Crippen molar-refractivity contribution in [1.82, 2.24) is 4.90 Å². The summed E-state index contributed by atoms with van der Waals surface area (Å²) >= 11 is 0. The highest BCUT2D eigenvalue weighted by atomic mass is 16.5. The van der Waals surface area contributed by atoms with Gasteiger partial charge in [0.1, 0.15) is 5.78 Å². The van der Waals surface area contributed by atoms with E-state index in [1.807, 2.05) is 0 Å².